The van der Waals surface area contributed by atoms with Gasteiger partial charge in [0.2, 0.25) is 10.0 Å². The van der Waals surface area contributed by atoms with Gasteiger partial charge in [-0.25, -0.2) is 8.42 Å². The molecular weight excluding hydrogens is 324 g/mol. The van der Waals surface area contributed by atoms with Gasteiger partial charge in [-0.3, -0.25) is 5.10 Å². The number of H-pyrrole nitrogens is 1. The van der Waals surface area contributed by atoms with Gasteiger partial charge in [-0.15, -0.1) is 0 Å². The number of rotatable bonds is 5. The van der Waals surface area contributed by atoms with Crippen LogP contribution in [0.2, 0.25) is 0 Å². The van der Waals surface area contributed by atoms with Crippen LogP contribution in [-0.2, 0) is 16.4 Å². The second-order valence-corrected chi connectivity index (χ2v) is 8.12. The monoisotopic (exact) mass is 348 g/mol. The van der Waals surface area contributed by atoms with Crippen molar-refractivity contribution in [1.82, 2.24) is 19.4 Å². The lowest BCUT2D eigenvalue weighted by Crippen LogP contribution is -2.49. The summed E-state index contributed by atoms with van der Waals surface area (Å²) in [6.45, 7) is 7.03. The smallest absolute Gasteiger partial charge is 0.246 e. The van der Waals surface area contributed by atoms with Gasteiger partial charge >= 0.3 is 0 Å². The average molecular weight is 348 g/mol. The molecule has 7 heteroatoms. The van der Waals surface area contributed by atoms with Crippen LogP contribution in [0.4, 0.5) is 0 Å². The van der Waals surface area contributed by atoms with Crippen LogP contribution in [0.15, 0.2) is 35.2 Å². The molecule has 24 heavy (non-hydrogen) atoms. The molecule has 1 aliphatic heterocycles. The van der Waals surface area contributed by atoms with Crippen LogP contribution in [0.1, 0.15) is 17.0 Å². The molecule has 0 aliphatic carbocycles. The summed E-state index contributed by atoms with van der Waals surface area (Å²) in [7, 11) is -3.46. The third kappa shape index (κ3) is 3.53. The Bertz CT molecular complexity index is 759. The number of sulfonamides is 1. The van der Waals surface area contributed by atoms with Crippen LogP contribution in [0, 0.1) is 13.8 Å². The lowest BCUT2D eigenvalue weighted by atomic mass is 10.1. The minimum absolute atomic E-state index is 0.334. The summed E-state index contributed by atoms with van der Waals surface area (Å²) in [5.74, 6) is 0. The molecule has 0 amide bonds. The number of aromatic nitrogens is 2. The zero-order valence-electron chi connectivity index (χ0n) is 14.2. The van der Waals surface area contributed by atoms with Crippen molar-refractivity contribution >= 4 is 10.0 Å². The van der Waals surface area contributed by atoms with Gasteiger partial charge in [0, 0.05) is 32.7 Å². The standard InChI is InChI=1S/C17H24N4O2S/c1-14-17(15(2)19-18-14)24(22,23)21-12-10-20(11-13-21)9-8-16-6-4-3-5-7-16/h3-7H,8-13H2,1-2H3,(H,18,19). The third-order valence-electron chi connectivity index (χ3n) is 4.55. The Labute approximate surface area is 143 Å². The fourth-order valence-corrected chi connectivity index (χ4v) is 4.93. The summed E-state index contributed by atoms with van der Waals surface area (Å²) in [5.41, 5.74) is 2.47. The van der Waals surface area contributed by atoms with E-state index in [9.17, 15) is 8.42 Å². The molecule has 1 N–H and O–H groups in total. The molecule has 0 spiro atoms. The van der Waals surface area contributed by atoms with Crippen molar-refractivity contribution in [3.63, 3.8) is 0 Å². The van der Waals surface area contributed by atoms with Crippen LogP contribution < -0.4 is 0 Å². The van der Waals surface area contributed by atoms with Gasteiger partial charge in [0.1, 0.15) is 4.90 Å². The molecule has 3 rings (SSSR count). The number of benzene rings is 1. The maximum absolute atomic E-state index is 12.8. The average Bonchev–Trinajstić information content (AvgIpc) is 2.93. The van der Waals surface area contributed by atoms with Gasteiger partial charge in [-0.2, -0.15) is 9.40 Å². The molecular formula is C17H24N4O2S. The second kappa shape index (κ2) is 7.04. The number of piperazine rings is 1. The number of hydrogen-bond donors (Lipinski definition) is 1. The van der Waals surface area contributed by atoms with E-state index in [1.165, 1.54) is 5.56 Å². The van der Waals surface area contributed by atoms with Crippen molar-refractivity contribution in [1.29, 1.82) is 0 Å². The van der Waals surface area contributed by atoms with Gasteiger partial charge < -0.3 is 4.90 Å². The van der Waals surface area contributed by atoms with E-state index < -0.39 is 10.0 Å². The summed E-state index contributed by atoms with van der Waals surface area (Å²) >= 11 is 0. The van der Waals surface area contributed by atoms with E-state index in [0.29, 0.717) is 29.4 Å². The molecule has 1 saturated heterocycles. The molecule has 1 fully saturated rings. The quantitative estimate of drug-likeness (QED) is 0.891. The number of aryl methyl sites for hydroxylation is 2. The highest BCUT2D eigenvalue weighted by Crippen LogP contribution is 2.22. The fraction of sp³-hybridized carbons (Fsp3) is 0.471. The number of nitrogens with zero attached hydrogens (tertiary/aromatic N) is 3. The molecule has 0 unspecified atom stereocenters. The van der Waals surface area contributed by atoms with Gasteiger partial charge in [-0.05, 0) is 25.8 Å². The Morgan fingerprint density at radius 1 is 1.08 bits per heavy atom. The van der Waals surface area contributed by atoms with Gasteiger partial charge in [0.05, 0.1) is 11.4 Å². The number of aromatic amines is 1. The lowest BCUT2D eigenvalue weighted by Gasteiger charge is -2.34. The minimum Gasteiger partial charge on any atom is -0.300 e. The Balaban J connectivity index is 1.59. The highest BCUT2D eigenvalue weighted by atomic mass is 32.2. The van der Waals surface area contributed by atoms with Crippen molar-refractivity contribution in [2.45, 2.75) is 25.2 Å². The van der Waals surface area contributed by atoms with Crippen LogP contribution in [0.5, 0.6) is 0 Å². The predicted molar refractivity (Wildman–Crippen MR) is 93.4 cm³/mol. The number of nitrogens with one attached hydrogen (secondary N) is 1. The Hall–Kier alpha value is -1.70. The molecule has 2 heterocycles. The van der Waals surface area contributed by atoms with E-state index in [1.807, 2.05) is 6.07 Å². The highest BCUT2D eigenvalue weighted by Gasteiger charge is 2.32. The Morgan fingerprint density at radius 3 is 2.33 bits per heavy atom. The third-order valence-corrected chi connectivity index (χ3v) is 6.71. The van der Waals surface area contributed by atoms with Crippen molar-refractivity contribution < 1.29 is 8.42 Å². The Morgan fingerprint density at radius 2 is 1.75 bits per heavy atom. The van der Waals surface area contributed by atoms with E-state index in [0.717, 1.165) is 26.1 Å². The van der Waals surface area contributed by atoms with Crippen LogP contribution >= 0.6 is 0 Å². The molecule has 0 saturated carbocycles. The summed E-state index contributed by atoms with van der Waals surface area (Å²) in [4.78, 5) is 2.66. The SMILES string of the molecule is Cc1n[nH]c(C)c1S(=O)(=O)N1CCN(CCc2ccccc2)CC1. The summed E-state index contributed by atoms with van der Waals surface area (Å²) in [5, 5.41) is 6.78. The van der Waals surface area contributed by atoms with Crippen molar-refractivity contribution in [3.05, 3.63) is 47.3 Å². The van der Waals surface area contributed by atoms with E-state index >= 15 is 0 Å². The van der Waals surface area contributed by atoms with E-state index in [1.54, 1.807) is 18.2 Å². The summed E-state index contributed by atoms with van der Waals surface area (Å²) < 4.78 is 27.2. The van der Waals surface area contributed by atoms with Gasteiger partial charge in [0.15, 0.2) is 0 Å². The van der Waals surface area contributed by atoms with Crippen molar-refractivity contribution in [2.24, 2.45) is 0 Å². The lowest BCUT2D eigenvalue weighted by molar-refractivity contribution is 0.190. The highest BCUT2D eigenvalue weighted by molar-refractivity contribution is 7.89. The first-order valence-electron chi connectivity index (χ1n) is 8.26. The summed E-state index contributed by atoms with van der Waals surface area (Å²) in [6.07, 6.45) is 0.994. The van der Waals surface area contributed by atoms with E-state index in [2.05, 4.69) is 39.4 Å². The molecule has 0 radical (unpaired) electrons. The predicted octanol–water partition coefficient (Wildman–Crippen LogP) is 1.58. The first-order valence-corrected chi connectivity index (χ1v) is 9.70. The molecule has 0 bridgehead atoms. The fourth-order valence-electron chi connectivity index (χ4n) is 3.18. The maximum atomic E-state index is 12.8. The molecule has 1 aliphatic rings. The first kappa shape index (κ1) is 17.1. The zero-order valence-corrected chi connectivity index (χ0v) is 15.0. The van der Waals surface area contributed by atoms with E-state index in [4.69, 9.17) is 0 Å². The molecule has 130 valence electrons. The van der Waals surface area contributed by atoms with Gasteiger partial charge in [-0.1, -0.05) is 30.3 Å². The molecule has 2 aromatic rings. The topological polar surface area (TPSA) is 69.3 Å². The molecule has 1 aromatic heterocycles. The largest absolute Gasteiger partial charge is 0.300 e. The zero-order chi connectivity index (χ0) is 17.2. The van der Waals surface area contributed by atoms with Gasteiger partial charge in [0.25, 0.3) is 0 Å². The molecule has 6 nitrogen and oxygen atoms in total. The Kier molecular flexibility index (Phi) is 5.03. The van der Waals surface area contributed by atoms with Crippen LogP contribution in [0.25, 0.3) is 0 Å². The molecule has 1 aromatic carbocycles. The van der Waals surface area contributed by atoms with Crippen LogP contribution in [0.3, 0.4) is 0 Å². The molecule has 0 atom stereocenters. The maximum Gasteiger partial charge on any atom is 0.246 e. The van der Waals surface area contributed by atoms with Crippen molar-refractivity contribution in [3.8, 4) is 0 Å². The second-order valence-electron chi connectivity index (χ2n) is 6.24. The van der Waals surface area contributed by atoms with Crippen LogP contribution in [-0.4, -0.2) is 60.5 Å². The normalized spacial score (nSPS) is 17.2. The van der Waals surface area contributed by atoms with Crippen molar-refractivity contribution in [2.75, 3.05) is 32.7 Å². The number of hydrogen-bond acceptors (Lipinski definition) is 4. The van der Waals surface area contributed by atoms with E-state index in [-0.39, 0.29) is 0 Å². The summed E-state index contributed by atoms with van der Waals surface area (Å²) in [6, 6.07) is 10.4. The minimum atomic E-state index is -3.46. The first-order chi connectivity index (χ1) is 11.5.